The van der Waals surface area contributed by atoms with Crippen LogP contribution in [0.2, 0.25) is 0 Å². The molecular weight excluding hydrogens is 460 g/mol. The molecule has 1 fully saturated rings. The molecule has 0 aliphatic carbocycles. The van der Waals surface area contributed by atoms with Crippen LogP contribution < -0.4 is 10.9 Å². The Kier molecular flexibility index (Phi) is 8.59. The Morgan fingerprint density at radius 2 is 1.68 bits per heavy atom. The van der Waals surface area contributed by atoms with Crippen molar-refractivity contribution in [3.8, 4) is 0 Å². The van der Waals surface area contributed by atoms with Crippen molar-refractivity contribution in [2.75, 3.05) is 19.6 Å². The first kappa shape index (κ1) is 26.8. The van der Waals surface area contributed by atoms with Crippen LogP contribution >= 0.6 is 0 Å². The lowest BCUT2D eigenvalue weighted by atomic mass is 9.93. The molecule has 2 heterocycles. The third-order valence-corrected chi connectivity index (χ3v) is 7.65. The summed E-state index contributed by atoms with van der Waals surface area (Å²) in [5.74, 6) is 1.13. The van der Waals surface area contributed by atoms with E-state index in [2.05, 4.69) is 40.8 Å². The monoisotopic (exact) mass is 500 g/mol. The largest absolute Gasteiger partial charge is 0.328 e. The van der Waals surface area contributed by atoms with Gasteiger partial charge >= 0.3 is 0 Å². The standard InChI is InChI=1S/C31H40N4O2/c1-21(2)28(29-33-30(36)23(4)24(5)34(29)19-25-9-7-6-8-10-25)35(20-26-15-17-32-18-16-26)31(37)27-13-11-22(3)12-14-27/h6-14,21,26,28,32H,15-20H2,1-5H3. The smallest absolute Gasteiger partial charge is 0.276 e. The van der Waals surface area contributed by atoms with Crippen molar-refractivity contribution in [1.82, 2.24) is 19.8 Å². The van der Waals surface area contributed by atoms with Crippen LogP contribution in [0.15, 0.2) is 59.4 Å². The number of nitrogens with one attached hydrogen (secondary N) is 1. The van der Waals surface area contributed by atoms with Crippen LogP contribution in [0.25, 0.3) is 0 Å². The molecule has 0 radical (unpaired) electrons. The Hall–Kier alpha value is -3.25. The van der Waals surface area contributed by atoms with Crippen molar-refractivity contribution in [3.63, 3.8) is 0 Å². The number of carbonyl (C=O) groups is 1. The zero-order chi connectivity index (χ0) is 26.5. The lowest BCUT2D eigenvalue weighted by molar-refractivity contribution is 0.0539. The van der Waals surface area contributed by atoms with Crippen molar-refractivity contribution in [2.24, 2.45) is 11.8 Å². The molecule has 1 N–H and O–H groups in total. The first-order valence-electron chi connectivity index (χ1n) is 13.5. The Morgan fingerprint density at radius 1 is 1.03 bits per heavy atom. The number of hydrogen-bond donors (Lipinski definition) is 1. The van der Waals surface area contributed by atoms with Gasteiger partial charge in [0, 0.05) is 29.9 Å². The van der Waals surface area contributed by atoms with Gasteiger partial charge in [-0.1, -0.05) is 61.9 Å². The van der Waals surface area contributed by atoms with Crippen LogP contribution in [0, 0.1) is 32.6 Å². The van der Waals surface area contributed by atoms with E-state index in [0.29, 0.717) is 36.0 Å². The first-order chi connectivity index (χ1) is 17.8. The predicted molar refractivity (Wildman–Crippen MR) is 149 cm³/mol. The number of rotatable bonds is 8. The van der Waals surface area contributed by atoms with Crippen LogP contribution in [0.1, 0.15) is 71.3 Å². The lowest BCUT2D eigenvalue weighted by Gasteiger charge is -2.39. The van der Waals surface area contributed by atoms with E-state index in [9.17, 15) is 9.59 Å². The highest BCUT2D eigenvalue weighted by atomic mass is 16.2. The van der Waals surface area contributed by atoms with Crippen LogP contribution in [-0.4, -0.2) is 40.0 Å². The van der Waals surface area contributed by atoms with Crippen LogP contribution in [0.4, 0.5) is 0 Å². The zero-order valence-electron chi connectivity index (χ0n) is 22.8. The second-order valence-electron chi connectivity index (χ2n) is 10.8. The number of nitrogens with zero attached hydrogens (tertiary/aromatic N) is 3. The molecule has 1 aliphatic rings. The maximum Gasteiger partial charge on any atom is 0.276 e. The van der Waals surface area contributed by atoms with Gasteiger partial charge < -0.3 is 14.8 Å². The second-order valence-corrected chi connectivity index (χ2v) is 10.8. The van der Waals surface area contributed by atoms with E-state index in [1.54, 1.807) is 0 Å². The maximum absolute atomic E-state index is 14.2. The summed E-state index contributed by atoms with van der Waals surface area (Å²) in [6.45, 7) is 13.3. The number of hydrogen-bond acceptors (Lipinski definition) is 4. The molecule has 6 nitrogen and oxygen atoms in total. The summed E-state index contributed by atoms with van der Waals surface area (Å²) in [6, 6.07) is 17.7. The van der Waals surface area contributed by atoms with Gasteiger partial charge in [-0.2, -0.15) is 4.98 Å². The Bertz CT molecular complexity index is 1260. The number of aromatic nitrogens is 2. The van der Waals surface area contributed by atoms with Gasteiger partial charge in [-0.25, -0.2) is 0 Å². The fourth-order valence-electron chi connectivity index (χ4n) is 5.29. The third kappa shape index (κ3) is 6.19. The maximum atomic E-state index is 14.2. The highest BCUT2D eigenvalue weighted by molar-refractivity contribution is 5.94. The molecule has 0 bridgehead atoms. The van der Waals surface area contributed by atoms with Gasteiger partial charge in [0.15, 0.2) is 0 Å². The molecule has 0 saturated carbocycles. The zero-order valence-corrected chi connectivity index (χ0v) is 22.8. The topological polar surface area (TPSA) is 67.2 Å². The van der Waals surface area contributed by atoms with Crippen molar-refractivity contribution in [3.05, 3.63) is 98.7 Å². The molecule has 4 rings (SSSR count). The van der Waals surface area contributed by atoms with E-state index in [4.69, 9.17) is 0 Å². The molecule has 1 saturated heterocycles. The highest BCUT2D eigenvalue weighted by Gasteiger charge is 2.34. The summed E-state index contributed by atoms with van der Waals surface area (Å²) in [4.78, 5) is 33.9. The normalized spacial score (nSPS) is 15.1. The van der Waals surface area contributed by atoms with E-state index >= 15 is 0 Å². The van der Waals surface area contributed by atoms with Gasteiger partial charge in [0.25, 0.3) is 11.5 Å². The van der Waals surface area contributed by atoms with E-state index in [1.807, 2.05) is 68.1 Å². The number of benzene rings is 2. The quantitative estimate of drug-likeness (QED) is 0.470. The second kappa shape index (κ2) is 11.9. The number of aryl methyl sites for hydroxylation is 1. The summed E-state index contributed by atoms with van der Waals surface area (Å²) in [6.07, 6.45) is 2.05. The first-order valence-corrected chi connectivity index (χ1v) is 13.5. The molecule has 1 amide bonds. The molecule has 6 heteroatoms. The van der Waals surface area contributed by atoms with Crippen LogP contribution in [0.3, 0.4) is 0 Å². The number of carbonyl (C=O) groups excluding carboxylic acids is 1. The SMILES string of the molecule is Cc1ccc(C(=O)N(CC2CCNCC2)C(c2nc(=O)c(C)c(C)n2Cc2ccccc2)C(C)C)cc1. The van der Waals surface area contributed by atoms with Gasteiger partial charge in [-0.15, -0.1) is 0 Å². The Labute approximate surface area is 220 Å². The Morgan fingerprint density at radius 3 is 2.30 bits per heavy atom. The summed E-state index contributed by atoms with van der Waals surface area (Å²) in [7, 11) is 0. The molecule has 196 valence electrons. The number of amides is 1. The van der Waals surface area contributed by atoms with Gasteiger partial charge in [0.05, 0.1) is 6.04 Å². The van der Waals surface area contributed by atoms with E-state index in [1.165, 1.54) is 0 Å². The number of piperidine rings is 1. The van der Waals surface area contributed by atoms with Crippen molar-refractivity contribution < 1.29 is 4.79 Å². The molecule has 1 aliphatic heterocycles. The van der Waals surface area contributed by atoms with Gasteiger partial charge in [-0.05, 0) is 76.2 Å². The summed E-state index contributed by atoms with van der Waals surface area (Å²) in [5.41, 5.74) is 4.26. The average molecular weight is 501 g/mol. The summed E-state index contributed by atoms with van der Waals surface area (Å²) >= 11 is 0. The minimum atomic E-state index is -0.334. The minimum absolute atomic E-state index is 0.00373. The molecule has 3 aromatic rings. The highest BCUT2D eigenvalue weighted by Crippen LogP contribution is 2.32. The van der Waals surface area contributed by atoms with Crippen molar-refractivity contribution in [2.45, 2.75) is 60.0 Å². The van der Waals surface area contributed by atoms with Crippen molar-refractivity contribution >= 4 is 5.91 Å². The lowest BCUT2D eigenvalue weighted by Crippen LogP contribution is -2.45. The van der Waals surface area contributed by atoms with Gasteiger partial charge in [-0.3, -0.25) is 9.59 Å². The molecule has 37 heavy (non-hydrogen) atoms. The van der Waals surface area contributed by atoms with Crippen LogP contribution in [0.5, 0.6) is 0 Å². The van der Waals surface area contributed by atoms with Crippen LogP contribution in [-0.2, 0) is 6.54 Å². The van der Waals surface area contributed by atoms with Gasteiger partial charge in [0.2, 0.25) is 0 Å². The minimum Gasteiger partial charge on any atom is -0.328 e. The molecule has 1 unspecified atom stereocenters. The molecule has 1 aromatic heterocycles. The van der Waals surface area contributed by atoms with E-state index in [-0.39, 0.29) is 23.4 Å². The molecule has 2 aromatic carbocycles. The third-order valence-electron chi connectivity index (χ3n) is 7.65. The molecule has 0 spiro atoms. The summed E-state index contributed by atoms with van der Waals surface area (Å²) in [5, 5.41) is 3.44. The fourth-order valence-corrected chi connectivity index (χ4v) is 5.29. The summed E-state index contributed by atoms with van der Waals surface area (Å²) < 4.78 is 2.15. The van der Waals surface area contributed by atoms with E-state index < -0.39 is 0 Å². The van der Waals surface area contributed by atoms with E-state index in [0.717, 1.165) is 42.8 Å². The average Bonchev–Trinajstić information content (AvgIpc) is 2.90. The molecular formula is C31H40N4O2. The predicted octanol–water partition coefficient (Wildman–Crippen LogP) is 5.06. The fraction of sp³-hybridized carbons (Fsp3) is 0.452. The van der Waals surface area contributed by atoms with Crippen molar-refractivity contribution in [1.29, 1.82) is 0 Å². The molecule has 1 atom stereocenters. The Balaban J connectivity index is 1.84. The van der Waals surface area contributed by atoms with Gasteiger partial charge in [0.1, 0.15) is 5.82 Å².